The summed E-state index contributed by atoms with van der Waals surface area (Å²) in [7, 11) is 0. The van der Waals surface area contributed by atoms with Crippen LogP contribution in [0.15, 0.2) is 115 Å². The van der Waals surface area contributed by atoms with Crippen LogP contribution in [-0.4, -0.2) is 25.9 Å². The largest absolute Gasteiger partial charge is 0.465 e. The van der Waals surface area contributed by atoms with Crippen molar-refractivity contribution in [1.82, 2.24) is 0 Å². The molecular formula is C52H73Br3O3. The van der Waals surface area contributed by atoms with Gasteiger partial charge in [0.1, 0.15) is 4.32 Å². The van der Waals surface area contributed by atoms with Gasteiger partial charge in [0.05, 0.1) is 10.9 Å². The van der Waals surface area contributed by atoms with Gasteiger partial charge in [-0.1, -0.05) is 196 Å². The van der Waals surface area contributed by atoms with Gasteiger partial charge in [-0.2, -0.15) is 0 Å². The number of carbonyl (C=O) groups excluding carboxylic acids is 2. The molecule has 0 amide bonds. The van der Waals surface area contributed by atoms with E-state index in [4.69, 9.17) is 4.74 Å². The minimum Gasteiger partial charge on any atom is -0.465 e. The van der Waals surface area contributed by atoms with Crippen LogP contribution in [0.1, 0.15) is 179 Å². The smallest absolute Gasteiger partial charge is 0.322 e. The highest BCUT2D eigenvalue weighted by Crippen LogP contribution is 2.33. The average molecular weight is 986 g/mol. The van der Waals surface area contributed by atoms with Gasteiger partial charge >= 0.3 is 5.97 Å². The van der Waals surface area contributed by atoms with E-state index in [2.05, 4.69) is 212 Å². The Kier molecular flexibility index (Phi) is 26.6. The summed E-state index contributed by atoms with van der Waals surface area (Å²) in [6.07, 6.45) is 7.86. The van der Waals surface area contributed by atoms with Gasteiger partial charge < -0.3 is 4.74 Å². The zero-order chi connectivity index (χ0) is 43.7. The number of carbonyl (C=O) groups is 2. The lowest BCUT2D eigenvalue weighted by Crippen LogP contribution is -2.26. The number of halogens is 3. The van der Waals surface area contributed by atoms with Crippen molar-refractivity contribution in [1.29, 1.82) is 0 Å². The highest BCUT2D eigenvalue weighted by Gasteiger charge is 2.25. The summed E-state index contributed by atoms with van der Waals surface area (Å²) in [6.45, 7) is 23.5. The summed E-state index contributed by atoms with van der Waals surface area (Å²) in [4.78, 5) is 22.2. The second kappa shape index (κ2) is 28.8. The molecule has 0 saturated carbocycles. The second-order valence-electron chi connectivity index (χ2n) is 16.5. The molecule has 3 nitrogen and oxygen atoms in total. The lowest BCUT2D eigenvalue weighted by atomic mass is 9.83. The van der Waals surface area contributed by atoms with Gasteiger partial charge in [0, 0.05) is 0 Å². The molecular weight excluding hydrogens is 912 g/mol. The van der Waals surface area contributed by atoms with Crippen molar-refractivity contribution in [2.45, 2.75) is 159 Å². The van der Waals surface area contributed by atoms with Gasteiger partial charge in [0.2, 0.25) is 4.69 Å². The van der Waals surface area contributed by atoms with Crippen LogP contribution in [0.2, 0.25) is 0 Å². The Hall–Kier alpha value is -2.54. The molecule has 0 N–H and O–H groups in total. The highest BCUT2D eigenvalue weighted by molar-refractivity contribution is 9.20. The van der Waals surface area contributed by atoms with E-state index in [1.807, 2.05) is 13.8 Å². The highest BCUT2D eigenvalue weighted by atomic mass is 79.9. The van der Waals surface area contributed by atoms with Crippen LogP contribution in [-0.2, 0) is 14.3 Å². The Morgan fingerprint density at radius 2 is 0.845 bits per heavy atom. The monoisotopic (exact) mass is 982 g/mol. The van der Waals surface area contributed by atoms with Crippen LogP contribution in [0.4, 0.5) is 0 Å². The first-order valence-corrected chi connectivity index (χ1v) is 23.7. The number of esters is 1. The van der Waals surface area contributed by atoms with E-state index in [0.29, 0.717) is 36.2 Å². The molecule has 4 rings (SSSR count). The summed E-state index contributed by atoms with van der Waals surface area (Å²) in [6, 6.07) is 41.3. The standard InChI is InChI=1S/C24H31BrO2.C14H22.C10H14.C4H6Br2O/c1-19(20-12-6-4-7-13-20)18-22(21-14-8-5-9-15-21)16-10-11-17-27-23(26)24(2,3)25;1-5-11(3)13-7-9-14(10-8-13)12(4)6-2;1-3-9(2)10-7-5-4-6-8-10;1-4(2,6)3(5)7/h4-9,12-15,19,22H,10-11,16-18H2,1-3H3;7-12H,5-6H2,1-4H3;4-9H,3H2,1-2H3;1-2H3. The van der Waals surface area contributed by atoms with Crippen molar-refractivity contribution in [3.63, 3.8) is 0 Å². The predicted octanol–water partition coefficient (Wildman–Crippen LogP) is 16.8. The number of benzene rings is 4. The molecule has 0 fully saturated rings. The van der Waals surface area contributed by atoms with Crippen molar-refractivity contribution in [3.8, 4) is 0 Å². The van der Waals surface area contributed by atoms with Crippen LogP contribution in [0.3, 0.4) is 0 Å². The maximum Gasteiger partial charge on any atom is 0.322 e. The van der Waals surface area contributed by atoms with Crippen LogP contribution < -0.4 is 0 Å². The first-order chi connectivity index (χ1) is 27.3. The Bertz CT molecular complexity index is 1620. The van der Waals surface area contributed by atoms with Crippen LogP contribution in [0, 0.1) is 0 Å². The summed E-state index contributed by atoms with van der Waals surface area (Å²) >= 11 is 9.30. The molecule has 0 aromatic heterocycles. The van der Waals surface area contributed by atoms with E-state index >= 15 is 0 Å². The Morgan fingerprint density at radius 3 is 1.17 bits per heavy atom. The SMILES string of the molecule is CC(C)(Br)C(=O)Br.CC(CC(CCCCOC(=O)C(C)(C)Br)c1ccccc1)c1ccccc1.CCC(C)c1ccc(C(C)CC)cc1.CCC(C)c1ccccc1. The fraction of sp³-hybridized carbons (Fsp3) is 0.500. The molecule has 0 heterocycles. The fourth-order valence-electron chi connectivity index (χ4n) is 5.96. The Morgan fingerprint density at radius 1 is 0.517 bits per heavy atom. The number of rotatable bonds is 17. The van der Waals surface area contributed by atoms with Gasteiger partial charge in [0.25, 0.3) is 0 Å². The molecule has 0 aliphatic heterocycles. The van der Waals surface area contributed by atoms with Crippen LogP contribution in [0.25, 0.3) is 0 Å². The van der Waals surface area contributed by atoms with Crippen molar-refractivity contribution in [2.24, 2.45) is 0 Å². The van der Waals surface area contributed by atoms with Gasteiger partial charge in [-0.25, -0.2) is 0 Å². The lowest BCUT2D eigenvalue weighted by Gasteiger charge is -2.22. The van der Waals surface area contributed by atoms with Crippen molar-refractivity contribution in [3.05, 3.63) is 143 Å². The Labute approximate surface area is 379 Å². The molecule has 5 atom stereocenters. The van der Waals surface area contributed by atoms with Gasteiger partial charge in [-0.05, 0) is 146 Å². The van der Waals surface area contributed by atoms with E-state index in [1.54, 1.807) is 13.8 Å². The average Bonchev–Trinajstić information content (AvgIpc) is 3.23. The van der Waals surface area contributed by atoms with E-state index in [0.717, 1.165) is 25.7 Å². The number of ether oxygens (including phenoxy) is 1. The third kappa shape index (κ3) is 22.2. The summed E-state index contributed by atoms with van der Waals surface area (Å²) in [5.74, 6) is 2.94. The van der Waals surface area contributed by atoms with Crippen LogP contribution >= 0.6 is 47.8 Å². The van der Waals surface area contributed by atoms with Gasteiger partial charge in [-0.15, -0.1) is 0 Å². The first kappa shape index (κ1) is 53.5. The fourth-order valence-corrected chi connectivity index (χ4v) is 6.08. The lowest BCUT2D eigenvalue weighted by molar-refractivity contribution is -0.145. The van der Waals surface area contributed by atoms with E-state index < -0.39 is 8.65 Å². The number of alkyl halides is 2. The molecule has 5 unspecified atom stereocenters. The maximum atomic E-state index is 11.8. The first-order valence-electron chi connectivity index (χ1n) is 21.3. The molecule has 6 heteroatoms. The summed E-state index contributed by atoms with van der Waals surface area (Å²) in [5.41, 5.74) is 7.19. The van der Waals surface area contributed by atoms with E-state index in [9.17, 15) is 9.59 Å². The van der Waals surface area contributed by atoms with Gasteiger partial charge in [-0.3, -0.25) is 9.59 Å². The van der Waals surface area contributed by atoms with Gasteiger partial charge in [0.15, 0.2) is 0 Å². The molecule has 0 bridgehead atoms. The van der Waals surface area contributed by atoms with Crippen molar-refractivity contribution in [2.75, 3.05) is 6.61 Å². The molecule has 320 valence electrons. The van der Waals surface area contributed by atoms with Crippen molar-refractivity contribution < 1.29 is 14.3 Å². The van der Waals surface area contributed by atoms with Crippen LogP contribution in [0.5, 0.6) is 0 Å². The van der Waals surface area contributed by atoms with Crippen molar-refractivity contribution >= 4 is 58.5 Å². The number of unbranched alkanes of at least 4 members (excludes halogenated alkanes) is 1. The molecule has 0 aliphatic carbocycles. The minimum atomic E-state index is -0.606. The molecule has 0 aliphatic rings. The van der Waals surface area contributed by atoms with E-state index in [-0.39, 0.29) is 10.7 Å². The minimum absolute atomic E-state index is 0.0278. The predicted molar refractivity (Wildman–Crippen MR) is 262 cm³/mol. The third-order valence-electron chi connectivity index (χ3n) is 10.7. The molecule has 4 aromatic rings. The number of hydrogen-bond acceptors (Lipinski definition) is 3. The van der Waals surface area contributed by atoms with E-state index in [1.165, 1.54) is 47.1 Å². The zero-order valence-electron chi connectivity index (χ0n) is 37.4. The normalized spacial score (nSPS) is 13.7. The molecule has 0 radical (unpaired) electrons. The third-order valence-corrected chi connectivity index (χ3v) is 12.9. The number of hydrogen-bond donors (Lipinski definition) is 0. The zero-order valence-corrected chi connectivity index (χ0v) is 42.1. The molecule has 0 spiro atoms. The summed E-state index contributed by atoms with van der Waals surface area (Å²) < 4.78 is 4.31. The maximum absolute atomic E-state index is 11.8. The topological polar surface area (TPSA) is 43.4 Å². The second-order valence-corrected chi connectivity index (χ2v) is 21.2. The quantitative estimate of drug-likeness (QED) is 0.0458. The molecule has 58 heavy (non-hydrogen) atoms. The summed E-state index contributed by atoms with van der Waals surface area (Å²) in [5, 5.41) is 0. The molecule has 0 saturated heterocycles. The Balaban J connectivity index is 0.000000449. The molecule has 4 aromatic carbocycles.